The molecule has 3 aliphatic rings. The zero-order valence-electron chi connectivity index (χ0n) is 59.5. The lowest BCUT2D eigenvalue weighted by Crippen LogP contribution is -2.41. The SMILES string of the molecule is C#CCNC(=O)OC(C)(C)C.CC[C@H](C)[C@@H](C(=O)CCCC(=O)N1CCCCC1)n1cc(CNC(=O)OC(C)(C)C)nn1.CC[C@H](C)[C@H](N)C(=O)O.CC[C@H](C)[C@H](N=[N+]=[N-])C(=O)NCCC(=O)N1CCCCC1.CC[C@H](C)[C@H](N=[N+]=[N-])C(=O)O.NCCC(=O)N1CCCCC1. The van der Waals surface area contributed by atoms with E-state index >= 15 is 0 Å². The summed E-state index contributed by atoms with van der Waals surface area (Å²) in [6, 6.07) is -2.77. The number of azide groups is 2. The molecule has 1 aromatic heterocycles. The fraction of sp³-hybridized carbons (Fsp3) is 0.800. The van der Waals surface area contributed by atoms with Crippen molar-refractivity contribution in [2.75, 3.05) is 58.9 Å². The van der Waals surface area contributed by atoms with Crippen LogP contribution in [0.3, 0.4) is 0 Å². The Hall–Kier alpha value is -7.73. The molecule has 3 fully saturated rings. The highest BCUT2D eigenvalue weighted by Gasteiger charge is 2.29. The standard InChI is InChI=1S/C23H39N5O4.C14H25N5O2.C8H16N2O.C8H13NO2.C6H11N3O2.C6H13NO2/c1-6-17(2)21(19(29)11-10-12-20(30)27-13-8-7-9-14-27)28-16-18(25-26-28)15-24-22(31)32-23(3,4)5;1-3-11(2)13(17-18-15)14(21)16-8-7-12(20)19-9-5-4-6-10-19;9-5-4-8(11)10-6-2-1-3-7-10;1-5-6-9-7(10)11-8(2,3)4;1-3-4(2)5(6(10)11)8-9-7;1-3-4(2)5(7)6(8)9/h16-17,21H,6-15H2,1-5H3,(H,24,31);11,13H,3-10H2,1-2H3,(H,16,21);1-7,9H2;1H,6H2,2-4H3,(H,9,10);4-5H,3H2,1-2H3,(H,10,11);4-5H,3,7H2,1-2H3,(H,8,9)/t17-,21-;11-,13-;;;2*4-,5-/m00..00/s1. The van der Waals surface area contributed by atoms with Crippen molar-refractivity contribution in [2.24, 2.45) is 45.4 Å². The zero-order chi connectivity index (χ0) is 72.7. The van der Waals surface area contributed by atoms with Gasteiger partial charge in [0.05, 0.1) is 19.3 Å². The van der Waals surface area contributed by atoms with Gasteiger partial charge in [-0.1, -0.05) is 102 Å². The molecule has 95 heavy (non-hydrogen) atoms. The number of Topliss-reactive ketones (excluding diaryl/α,β-unsaturated/α-hetero) is 1. The number of terminal acetylenes is 1. The summed E-state index contributed by atoms with van der Waals surface area (Å²) in [5.41, 5.74) is 26.6. The van der Waals surface area contributed by atoms with Gasteiger partial charge in [0.15, 0.2) is 5.78 Å². The first kappa shape index (κ1) is 89.3. The molecule has 9 N–H and O–H groups in total. The molecule has 1 aromatic rings. The van der Waals surface area contributed by atoms with Crippen molar-refractivity contribution in [2.45, 2.75) is 254 Å². The number of carbonyl (C=O) groups is 9. The molecule has 4 heterocycles. The summed E-state index contributed by atoms with van der Waals surface area (Å²) >= 11 is 0. The quantitative estimate of drug-likeness (QED) is 0.0186. The average molecular weight is 1340 g/mol. The molecular formula is C65H117N17O13. The summed E-state index contributed by atoms with van der Waals surface area (Å²) < 4.78 is 11.7. The zero-order valence-corrected chi connectivity index (χ0v) is 59.5. The average Bonchev–Trinajstić information content (AvgIpc) is 1.77. The topological polar surface area (TPSA) is 439 Å². The van der Waals surface area contributed by atoms with Crippen LogP contribution in [-0.2, 0) is 49.6 Å². The van der Waals surface area contributed by atoms with Gasteiger partial charge in [-0.05, 0) is 140 Å². The monoisotopic (exact) mass is 1340 g/mol. The van der Waals surface area contributed by atoms with E-state index in [0.717, 1.165) is 97.1 Å². The first-order valence-corrected chi connectivity index (χ1v) is 33.6. The van der Waals surface area contributed by atoms with Crippen molar-refractivity contribution < 1.29 is 62.8 Å². The molecule has 0 aromatic carbocycles. The number of nitrogens with two attached hydrogens (primary N) is 2. The second-order valence-corrected chi connectivity index (χ2v) is 25.8. The van der Waals surface area contributed by atoms with Gasteiger partial charge >= 0.3 is 24.1 Å². The van der Waals surface area contributed by atoms with Gasteiger partial charge in [0.1, 0.15) is 41.1 Å². The van der Waals surface area contributed by atoms with Gasteiger partial charge in [0.25, 0.3) is 0 Å². The van der Waals surface area contributed by atoms with Gasteiger partial charge in [-0.15, -0.1) is 11.5 Å². The Morgan fingerprint density at radius 3 is 1.43 bits per heavy atom. The largest absolute Gasteiger partial charge is 0.481 e. The van der Waals surface area contributed by atoms with Crippen molar-refractivity contribution in [3.63, 3.8) is 0 Å². The molecule has 3 aliphatic heterocycles. The van der Waals surface area contributed by atoms with Gasteiger partial charge < -0.3 is 61.8 Å². The number of carboxylic acid groups (broad SMARTS) is 2. The maximum Gasteiger partial charge on any atom is 0.408 e. The first-order chi connectivity index (χ1) is 44.7. The Balaban J connectivity index is 0. The van der Waals surface area contributed by atoms with Crippen molar-refractivity contribution in [1.82, 2.24) is 45.6 Å². The molecule has 0 radical (unpaired) electrons. The van der Waals surface area contributed by atoms with E-state index in [-0.39, 0.29) is 66.2 Å². The fourth-order valence-corrected chi connectivity index (χ4v) is 9.27. The molecule has 0 aliphatic carbocycles. The fourth-order valence-electron chi connectivity index (χ4n) is 9.27. The van der Waals surface area contributed by atoms with E-state index in [1.807, 2.05) is 63.2 Å². The number of alkyl carbamates (subject to hydrolysis) is 2. The molecule has 30 nitrogen and oxygen atoms in total. The Kier molecular flexibility index (Phi) is 47.6. The number of nitrogens with zero attached hydrogens (tertiary/aromatic N) is 12. The number of amides is 6. The number of aliphatic carboxylic acids is 2. The molecule has 540 valence electrons. The summed E-state index contributed by atoms with van der Waals surface area (Å²) in [6.45, 7) is 32.3. The number of nitrogens with one attached hydrogen (secondary N) is 3. The summed E-state index contributed by atoms with van der Waals surface area (Å²) in [4.78, 5) is 115. The van der Waals surface area contributed by atoms with Gasteiger partial charge in [0, 0.05) is 87.9 Å². The number of ether oxygens (including phenoxy) is 2. The van der Waals surface area contributed by atoms with Gasteiger partial charge in [-0.25, -0.2) is 14.3 Å². The molecule has 0 spiro atoms. The molecule has 0 bridgehead atoms. The molecule has 6 amide bonds. The maximum atomic E-state index is 13.0. The van der Waals surface area contributed by atoms with E-state index in [2.05, 4.69) is 52.2 Å². The molecule has 4 rings (SSSR count). The number of carboxylic acids is 2. The Labute approximate surface area is 563 Å². The van der Waals surface area contributed by atoms with Crippen molar-refractivity contribution in [1.29, 1.82) is 0 Å². The molecule has 3 saturated heterocycles. The molecule has 0 saturated carbocycles. The van der Waals surface area contributed by atoms with Crippen molar-refractivity contribution in [3.8, 4) is 12.3 Å². The van der Waals surface area contributed by atoms with Gasteiger partial charge in [0.2, 0.25) is 23.6 Å². The van der Waals surface area contributed by atoms with Crippen LogP contribution in [0.5, 0.6) is 0 Å². The second kappa shape index (κ2) is 50.7. The van der Waals surface area contributed by atoms with Crippen molar-refractivity contribution >= 4 is 53.5 Å². The highest BCUT2D eigenvalue weighted by Crippen LogP contribution is 2.25. The Morgan fingerprint density at radius 1 is 0.621 bits per heavy atom. The third kappa shape index (κ3) is 41.7. The van der Waals surface area contributed by atoms with E-state index in [9.17, 15) is 43.2 Å². The predicted octanol–water partition coefficient (Wildman–Crippen LogP) is 9.60. The number of rotatable bonds is 27. The van der Waals surface area contributed by atoms with Gasteiger partial charge in [-0.3, -0.25) is 33.6 Å². The van der Waals surface area contributed by atoms with Crippen LogP contribution in [-0.4, -0.2) is 182 Å². The minimum absolute atomic E-state index is 0.0151. The lowest BCUT2D eigenvalue weighted by atomic mass is 9.93. The summed E-state index contributed by atoms with van der Waals surface area (Å²) in [5.74, 6) is 0.546. The predicted molar refractivity (Wildman–Crippen MR) is 364 cm³/mol. The lowest BCUT2D eigenvalue weighted by molar-refractivity contribution is -0.140. The second-order valence-electron chi connectivity index (χ2n) is 25.8. The highest BCUT2D eigenvalue weighted by atomic mass is 16.6. The van der Waals surface area contributed by atoms with Crippen LogP contribution in [0.25, 0.3) is 20.9 Å². The Morgan fingerprint density at radius 2 is 1.04 bits per heavy atom. The summed E-state index contributed by atoms with van der Waals surface area (Å²) in [5, 5.41) is 39.6. The van der Waals surface area contributed by atoms with E-state index < -0.39 is 59.5 Å². The van der Waals surface area contributed by atoms with Crippen LogP contribution in [0.2, 0.25) is 0 Å². The third-order valence-corrected chi connectivity index (χ3v) is 15.6. The van der Waals surface area contributed by atoms with Crippen LogP contribution < -0.4 is 27.4 Å². The number of ketones is 1. The smallest absolute Gasteiger partial charge is 0.408 e. The molecule has 8 atom stereocenters. The minimum atomic E-state index is -1.06. The molecular weight excluding hydrogens is 1230 g/mol. The Bertz CT molecular complexity index is 2570. The van der Waals surface area contributed by atoms with Crippen LogP contribution in [0, 0.1) is 36.0 Å². The highest BCUT2D eigenvalue weighted by molar-refractivity contribution is 5.84. The lowest BCUT2D eigenvalue weighted by Gasteiger charge is -2.27. The summed E-state index contributed by atoms with van der Waals surface area (Å²) in [6.07, 6.45) is 21.0. The van der Waals surface area contributed by atoms with E-state index in [1.165, 1.54) is 19.3 Å². The van der Waals surface area contributed by atoms with Crippen LogP contribution in [0.4, 0.5) is 9.59 Å². The third-order valence-electron chi connectivity index (χ3n) is 15.6. The number of aromatic nitrogens is 3. The number of piperidine rings is 3. The van der Waals surface area contributed by atoms with Crippen LogP contribution in [0.1, 0.15) is 224 Å². The minimum Gasteiger partial charge on any atom is -0.481 e. The van der Waals surface area contributed by atoms with Crippen LogP contribution in [0.15, 0.2) is 16.4 Å². The van der Waals surface area contributed by atoms with E-state index in [1.54, 1.807) is 59.3 Å². The molecule has 30 heteroatoms. The number of hydrogen-bond acceptors (Lipinski definition) is 17. The summed E-state index contributed by atoms with van der Waals surface area (Å²) in [7, 11) is 0. The number of carbonyl (C=O) groups excluding carboxylic acids is 7. The molecule has 0 unspecified atom stereocenters. The first-order valence-electron chi connectivity index (χ1n) is 33.6. The number of hydrogen-bond donors (Lipinski definition) is 7. The number of likely N-dealkylation sites (tertiary alicyclic amines) is 3. The van der Waals surface area contributed by atoms with E-state index in [0.29, 0.717) is 57.3 Å². The van der Waals surface area contributed by atoms with Crippen molar-refractivity contribution in [3.05, 3.63) is 32.8 Å². The maximum absolute atomic E-state index is 13.0. The van der Waals surface area contributed by atoms with Crippen LogP contribution >= 0.6 is 0 Å². The van der Waals surface area contributed by atoms with E-state index in [4.69, 9.17) is 48.6 Å². The van der Waals surface area contributed by atoms with Gasteiger partial charge in [-0.2, -0.15) is 0 Å². The normalized spacial score (nSPS) is 16.0.